The minimum absolute atomic E-state index is 0.0742. The Hall–Kier alpha value is -2.53. The van der Waals surface area contributed by atoms with Gasteiger partial charge in [-0.3, -0.25) is 9.59 Å². The molecule has 0 aliphatic carbocycles. The zero-order valence-electron chi connectivity index (χ0n) is 13.0. The highest BCUT2D eigenvalue weighted by Gasteiger charge is 2.09. The third-order valence-electron chi connectivity index (χ3n) is 3.12. The molecule has 0 fully saturated rings. The molecule has 0 aromatic heterocycles. The van der Waals surface area contributed by atoms with Gasteiger partial charge in [0.15, 0.2) is 0 Å². The summed E-state index contributed by atoms with van der Waals surface area (Å²) in [4.78, 5) is 25.4. The maximum Gasteiger partial charge on any atom is 0.253 e. The van der Waals surface area contributed by atoms with Gasteiger partial charge in [0.1, 0.15) is 0 Å². The van der Waals surface area contributed by atoms with Crippen LogP contribution in [0.25, 0.3) is 0 Å². The van der Waals surface area contributed by atoms with Crippen LogP contribution in [-0.4, -0.2) is 37.4 Å². The summed E-state index contributed by atoms with van der Waals surface area (Å²) >= 11 is 5.99. The topological polar surface area (TPSA) is 61.4 Å². The van der Waals surface area contributed by atoms with Gasteiger partial charge in [0.2, 0.25) is 5.91 Å². The van der Waals surface area contributed by atoms with Gasteiger partial charge in [-0.15, -0.1) is 0 Å². The fraction of sp³-hybridized carbons (Fsp3) is 0.176. The molecule has 23 heavy (non-hydrogen) atoms. The number of carbonyl (C=O) groups is 2. The first-order valence-corrected chi connectivity index (χ1v) is 7.45. The molecule has 0 spiro atoms. The van der Waals surface area contributed by atoms with Crippen molar-refractivity contribution in [3.63, 3.8) is 0 Å². The number of hydrogen-bond donors (Lipinski definition) is 2. The Morgan fingerprint density at radius 3 is 2.52 bits per heavy atom. The van der Waals surface area contributed by atoms with Crippen LogP contribution in [0.3, 0.4) is 0 Å². The average Bonchev–Trinajstić information content (AvgIpc) is 2.54. The van der Waals surface area contributed by atoms with Gasteiger partial charge in [0.25, 0.3) is 5.91 Å². The van der Waals surface area contributed by atoms with Crippen LogP contribution in [0.15, 0.2) is 48.5 Å². The Kier molecular flexibility index (Phi) is 5.60. The van der Waals surface area contributed by atoms with Crippen molar-refractivity contribution in [2.24, 2.45) is 0 Å². The van der Waals surface area contributed by atoms with Gasteiger partial charge < -0.3 is 15.5 Å². The molecule has 0 unspecified atom stereocenters. The van der Waals surface area contributed by atoms with E-state index in [-0.39, 0.29) is 18.4 Å². The quantitative estimate of drug-likeness (QED) is 0.885. The van der Waals surface area contributed by atoms with Crippen LogP contribution in [0.5, 0.6) is 0 Å². The Labute approximate surface area is 140 Å². The summed E-state index contributed by atoms with van der Waals surface area (Å²) in [6.45, 7) is 0.0742. The lowest BCUT2D eigenvalue weighted by Gasteiger charge is -2.12. The number of hydrogen-bond acceptors (Lipinski definition) is 3. The number of nitrogens with one attached hydrogen (secondary N) is 2. The van der Waals surface area contributed by atoms with Crippen molar-refractivity contribution >= 4 is 34.8 Å². The average molecular weight is 332 g/mol. The number of nitrogens with zero attached hydrogens (tertiary/aromatic N) is 1. The van der Waals surface area contributed by atoms with E-state index in [2.05, 4.69) is 10.6 Å². The van der Waals surface area contributed by atoms with Crippen molar-refractivity contribution < 1.29 is 9.59 Å². The summed E-state index contributed by atoms with van der Waals surface area (Å²) < 4.78 is 0. The number of anilines is 2. The second-order valence-electron chi connectivity index (χ2n) is 5.16. The molecule has 0 aliphatic heterocycles. The Bertz CT molecular complexity index is 716. The van der Waals surface area contributed by atoms with Crippen LogP contribution in [0.2, 0.25) is 5.02 Å². The lowest BCUT2D eigenvalue weighted by molar-refractivity contribution is -0.114. The molecule has 0 heterocycles. The van der Waals surface area contributed by atoms with Gasteiger partial charge in [-0.25, -0.2) is 0 Å². The monoisotopic (exact) mass is 331 g/mol. The zero-order valence-corrected chi connectivity index (χ0v) is 13.7. The zero-order chi connectivity index (χ0) is 16.8. The smallest absolute Gasteiger partial charge is 0.253 e. The Balaban J connectivity index is 1.96. The van der Waals surface area contributed by atoms with Crippen LogP contribution < -0.4 is 10.6 Å². The predicted molar refractivity (Wildman–Crippen MR) is 93.0 cm³/mol. The first-order chi connectivity index (χ1) is 11.0. The summed E-state index contributed by atoms with van der Waals surface area (Å²) in [6, 6.07) is 14.1. The largest absolute Gasteiger partial charge is 0.376 e. The van der Waals surface area contributed by atoms with Crippen LogP contribution in [0, 0.1) is 0 Å². The second kappa shape index (κ2) is 7.65. The summed E-state index contributed by atoms with van der Waals surface area (Å²) in [5.74, 6) is -0.309. The molecular formula is C17H18ClN3O2. The highest BCUT2D eigenvalue weighted by molar-refractivity contribution is 6.33. The molecule has 0 saturated carbocycles. The molecule has 0 atom stereocenters. The van der Waals surface area contributed by atoms with Crippen LogP contribution >= 0.6 is 11.6 Å². The van der Waals surface area contributed by atoms with E-state index in [9.17, 15) is 9.59 Å². The predicted octanol–water partition coefficient (Wildman–Crippen LogP) is 3.09. The van der Waals surface area contributed by atoms with E-state index in [1.807, 2.05) is 0 Å². The van der Waals surface area contributed by atoms with E-state index >= 15 is 0 Å². The summed E-state index contributed by atoms with van der Waals surface area (Å²) in [6.07, 6.45) is 0. The van der Waals surface area contributed by atoms with E-state index in [1.54, 1.807) is 62.6 Å². The third kappa shape index (κ3) is 4.72. The van der Waals surface area contributed by atoms with Crippen molar-refractivity contribution in [3.05, 3.63) is 59.1 Å². The fourth-order valence-electron chi connectivity index (χ4n) is 1.96. The van der Waals surface area contributed by atoms with E-state index in [4.69, 9.17) is 11.6 Å². The van der Waals surface area contributed by atoms with Gasteiger partial charge in [-0.2, -0.15) is 0 Å². The standard InChI is InChI=1S/C17H18ClN3O2/c1-21(2)17(23)12-6-5-7-13(10-12)19-11-16(22)20-15-9-4-3-8-14(15)18/h3-10,19H,11H2,1-2H3,(H,20,22). The first kappa shape index (κ1) is 16.8. The van der Waals surface area contributed by atoms with E-state index < -0.39 is 0 Å². The molecule has 120 valence electrons. The number of amides is 2. The molecule has 0 saturated heterocycles. The minimum atomic E-state index is -0.220. The van der Waals surface area contributed by atoms with Crippen LogP contribution in [0.1, 0.15) is 10.4 Å². The van der Waals surface area contributed by atoms with Crippen molar-refractivity contribution in [1.29, 1.82) is 0 Å². The molecule has 2 aromatic rings. The van der Waals surface area contributed by atoms with Gasteiger partial charge in [0.05, 0.1) is 17.3 Å². The Morgan fingerprint density at radius 1 is 1.09 bits per heavy atom. The number of carbonyl (C=O) groups excluding carboxylic acids is 2. The van der Waals surface area contributed by atoms with Gasteiger partial charge in [-0.1, -0.05) is 29.8 Å². The van der Waals surface area contributed by atoms with Crippen molar-refractivity contribution in [3.8, 4) is 0 Å². The lowest BCUT2D eigenvalue weighted by atomic mass is 10.2. The van der Waals surface area contributed by atoms with Crippen molar-refractivity contribution in [2.45, 2.75) is 0 Å². The maximum absolute atomic E-state index is 12.0. The van der Waals surface area contributed by atoms with E-state index in [0.29, 0.717) is 22.0 Å². The van der Waals surface area contributed by atoms with E-state index in [1.165, 1.54) is 4.90 Å². The summed E-state index contributed by atoms with van der Waals surface area (Å²) in [7, 11) is 3.39. The number of benzene rings is 2. The van der Waals surface area contributed by atoms with Crippen molar-refractivity contribution in [2.75, 3.05) is 31.3 Å². The molecule has 0 bridgehead atoms. The molecule has 2 N–H and O–H groups in total. The molecule has 2 amide bonds. The highest BCUT2D eigenvalue weighted by atomic mass is 35.5. The summed E-state index contributed by atoms with van der Waals surface area (Å²) in [5.41, 5.74) is 1.83. The van der Waals surface area contributed by atoms with Crippen molar-refractivity contribution in [1.82, 2.24) is 4.90 Å². The molecule has 5 nitrogen and oxygen atoms in total. The molecule has 0 radical (unpaired) electrons. The highest BCUT2D eigenvalue weighted by Crippen LogP contribution is 2.20. The molecule has 0 aliphatic rings. The molecule has 2 aromatic carbocycles. The molecule has 2 rings (SSSR count). The first-order valence-electron chi connectivity index (χ1n) is 7.07. The maximum atomic E-state index is 12.0. The SMILES string of the molecule is CN(C)C(=O)c1cccc(NCC(=O)Nc2ccccc2Cl)c1. The number of rotatable bonds is 5. The van der Waals surface area contributed by atoms with Crippen LogP contribution in [0.4, 0.5) is 11.4 Å². The molecule has 6 heteroatoms. The number of para-hydroxylation sites is 1. The van der Waals surface area contributed by atoms with E-state index in [0.717, 1.165) is 0 Å². The van der Waals surface area contributed by atoms with Gasteiger partial charge in [-0.05, 0) is 30.3 Å². The third-order valence-corrected chi connectivity index (χ3v) is 3.45. The lowest BCUT2D eigenvalue weighted by Crippen LogP contribution is -2.23. The molecular weight excluding hydrogens is 314 g/mol. The fourth-order valence-corrected chi connectivity index (χ4v) is 2.14. The van der Waals surface area contributed by atoms with Crippen LogP contribution in [-0.2, 0) is 4.79 Å². The normalized spacial score (nSPS) is 10.0. The van der Waals surface area contributed by atoms with Gasteiger partial charge >= 0.3 is 0 Å². The minimum Gasteiger partial charge on any atom is -0.376 e. The number of halogens is 1. The second-order valence-corrected chi connectivity index (χ2v) is 5.57. The van der Waals surface area contributed by atoms with Gasteiger partial charge in [0, 0.05) is 25.3 Å². The Morgan fingerprint density at radius 2 is 1.83 bits per heavy atom. The summed E-state index contributed by atoms with van der Waals surface area (Å²) in [5, 5.41) is 6.21.